The lowest BCUT2D eigenvalue weighted by Crippen LogP contribution is -2.33. The monoisotopic (exact) mass is 425 g/mol. The van der Waals surface area contributed by atoms with Crippen molar-refractivity contribution < 1.29 is 9.53 Å². The first-order valence-electron chi connectivity index (χ1n) is 10.5. The van der Waals surface area contributed by atoms with Gasteiger partial charge >= 0.3 is 6.09 Å². The van der Waals surface area contributed by atoms with Crippen molar-refractivity contribution >= 4 is 23.9 Å². The number of nitrogens with two attached hydrogens (primary N) is 1. The molecule has 0 spiro atoms. The third-order valence-corrected chi connectivity index (χ3v) is 3.67. The minimum atomic E-state index is -0.504. The van der Waals surface area contributed by atoms with E-state index in [9.17, 15) is 4.79 Å². The van der Waals surface area contributed by atoms with Crippen molar-refractivity contribution in [1.82, 2.24) is 25.2 Å². The minimum Gasteiger partial charge on any atom is -0.444 e. The third kappa shape index (κ3) is 12.9. The van der Waals surface area contributed by atoms with Crippen LogP contribution >= 0.6 is 0 Å². The molecule has 0 atom stereocenters. The second-order valence-corrected chi connectivity index (χ2v) is 8.17. The highest BCUT2D eigenvalue weighted by atomic mass is 16.6. The summed E-state index contributed by atoms with van der Waals surface area (Å²) in [5.74, 6) is 1.50. The first kappa shape index (κ1) is 25.6. The van der Waals surface area contributed by atoms with Gasteiger partial charge in [0.25, 0.3) is 0 Å². The molecule has 0 bridgehead atoms. The largest absolute Gasteiger partial charge is 0.444 e. The molecule has 6 N–H and O–H groups in total. The SMILES string of the molecule is CN(C)CCCNc1nc(NCCCN)nc(NCCCNC(=O)OC(C)(C)C)n1. The molecule has 1 rings (SSSR count). The Morgan fingerprint density at radius 2 is 1.40 bits per heavy atom. The number of nitrogens with one attached hydrogen (secondary N) is 4. The highest BCUT2D eigenvalue weighted by molar-refractivity contribution is 5.67. The Balaban J connectivity index is 2.51. The Bertz CT molecular complexity index is 621. The summed E-state index contributed by atoms with van der Waals surface area (Å²) in [6.45, 7) is 9.63. The molecule has 0 aliphatic rings. The van der Waals surface area contributed by atoms with Crippen LogP contribution < -0.4 is 27.0 Å². The lowest BCUT2D eigenvalue weighted by molar-refractivity contribution is 0.0528. The van der Waals surface area contributed by atoms with Gasteiger partial charge in [0, 0.05) is 26.2 Å². The number of carbonyl (C=O) groups is 1. The second kappa shape index (κ2) is 13.8. The van der Waals surface area contributed by atoms with E-state index in [4.69, 9.17) is 10.5 Å². The van der Waals surface area contributed by atoms with Crippen LogP contribution in [0.3, 0.4) is 0 Å². The normalized spacial score (nSPS) is 11.3. The summed E-state index contributed by atoms with van der Waals surface area (Å²) in [5.41, 5.74) is 5.04. The highest BCUT2D eigenvalue weighted by Crippen LogP contribution is 2.10. The van der Waals surface area contributed by atoms with E-state index in [-0.39, 0.29) is 0 Å². The smallest absolute Gasteiger partial charge is 0.407 e. The Kier molecular flexibility index (Phi) is 11.8. The first-order valence-corrected chi connectivity index (χ1v) is 10.5. The number of rotatable bonds is 14. The third-order valence-electron chi connectivity index (χ3n) is 3.67. The van der Waals surface area contributed by atoms with Gasteiger partial charge in [0.2, 0.25) is 17.8 Å². The quantitative estimate of drug-likeness (QED) is 0.277. The number of amides is 1. The number of nitrogens with zero attached hydrogens (tertiary/aromatic N) is 4. The Morgan fingerprint density at radius 3 is 1.87 bits per heavy atom. The molecular weight excluding hydrogens is 386 g/mol. The lowest BCUT2D eigenvalue weighted by atomic mass is 10.2. The zero-order valence-corrected chi connectivity index (χ0v) is 19.0. The Morgan fingerprint density at radius 1 is 0.900 bits per heavy atom. The predicted molar refractivity (Wildman–Crippen MR) is 121 cm³/mol. The van der Waals surface area contributed by atoms with Crippen LogP contribution in [0.2, 0.25) is 0 Å². The van der Waals surface area contributed by atoms with E-state index >= 15 is 0 Å². The summed E-state index contributed by atoms with van der Waals surface area (Å²) in [7, 11) is 4.09. The molecule has 11 nitrogen and oxygen atoms in total. The lowest BCUT2D eigenvalue weighted by Gasteiger charge is -2.19. The number of hydrogen-bond donors (Lipinski definition) is 5. The molecular formula is C19H39N9O2. The molecule has 1 aromatic heterocycles. The van der Waals surface area contributed by atoms with Gasteiger partial charge in [0.15, 0.2) is 0 Å². The van der Waals surface area contributed by atoms with Gasteiger partial charge in [0.1, 0.15) is 5.60 Å². The van der Waals surface area contributed by atoms with Gasteiger partial charge in [-0.2, -0.15) is 15.0 Å². The van der Waals surface area contributed by atoms with Gasteiger partial charge in [-0.1, -0.05) is 0 Å². The van der Waals surface area contributed by atoms with Crippen LogP contribution in [0.25, 0.3) is 0 Å². The van der Waals surface area contributed by atoms with E-state index in [2.05, 4.69) is 41.1 Å². The summed E-state index contributed by atoms with van der Waals surface area (Å²) in [6, 6.07) is 0. The van der Waals surface area contributed by atoms with Crippen LogP contribution in [0.5, 0.6) is 0 Å². The van der Waals surface area contributed by atoms with Gasteiger partial charge in [-0.3, -0.25) is 0 Å². The topological polar surface area (TPSA) is 142 Å². The second-order valence-electron chi connectivity index (χ2n) is 8.17. The molecule has 0 saturated carbocycles. The molecule has 1 heterocycles. The van der Waals surface area contributed by atoms with Crippen molar-refractivity contribution in [2.24, 2.45) is 5.73 Å². The molecule has 0 aliphatic carbocycles. The maximum Gasteiger partial charge on any atom is 0.407 e. The summed E-state index contributed by atoms with van der Waals surface area (Å²) >= 11 is 0. The van der Waals surface area contributed by atoms with Crippen LogP contribution in [0.4, 0.5) is 22.6 Å². The highest BCUT2D eigenvalue weighted by Gasteiger charge is 2.15. The van der Waals surface area contributed by atoms with Crippen molar-refractivity contribution in [2.45, 2.75) is 45.6 Å². The van der Waals surface area contributed by atoms with E-state index in [1.807, 2.05) is 34.9 Å². The molecule has 0 fully saturated rings. The fourth-order valence-electron chi connectivity index (χ4n) is 2.30. The molecule has 30 heavy (non-hydrogen) atoms. The van der Waals surface area contributed by atoms with E-state index in [0.29, 0.717) is 50.4 Å². The molecule has 172 valence electrons. The Hall–Kier alpha value is -2.40. The van der Waals surface area contributed by atoms with E-state index in [0.717, 1.165) is 25.9 Å². The Labute approximate surface area is 180 Å². The molecule has 0 saturated heterocycles. The average molecular weight is 426 g/mol. The summed E-state index contributed by atoms with van der Waals surface area (Å²) in [4.78, 5) is 27.0. The van der Waals surface area contributed by atoms with Crippen LogP contribution in [-0.2, 0) is 4.74 Å². The van der Waals surface area contributed by atoms with Gasteiger partial charge in [0.05, 0.1) is 0 Å². The summed E-state index contributed by atoms with van der Waals surface area (Å²) in [5, 5.41) is 12.3. The average Bonchev–Trinajstić information content (AvgIpc) is 2.63. The maximum absolute atomic E-state index is 11.7. The van der Waals surface area contributed by atoms with E-state index in [1.54, 1.807) is 0 Å². The molecule has 0 unspecified atom stereocenters. The predicted octanol–water partition coefficient (Wildman–Crippen LogP) is 1.32. The van der Waals surface area contributed by atoms with Gasteiger partial charge in [-0.25, -0.2) is 4.79 Å². The van der Waals surface area contributed by atoms with Crippen molar-refractivity contribution in [1.29, 1.82) is 0 Å². The van der Waals surface area contributed by atoms with Crippen molar-refractivity contribution in [3.63, 3.8) is 0 Å². The number of ether oxygens (including phenoxy) is 1. The molecule has 1 aromatic rings. The maximum atomic E-state index is 11.7. The zero-order chi connectivity index (χ0) is 22.4. The van der Waals surface area contributed by atoms with Crippen molar-refractivity contribution in [3.05, 3.63) is 0 Å². The fourth-order valence-corrected chi connectivity index (χ4v) is 2.30. The number of aromatic nitrogens is 3. The van der Waals surface area contributed by atoms with Crippen molar-refractivity contribution in [3.8, 4) is 0 Å². The minimum absolute atomic E-state index is 0.418. The number of hydrogen-bond acceptors (Lipinski definition) is 10. The number of anilines is 3. The summed E-state index contributed by atoms with van der Waals surface area (Å²) < 4.78 is 5.21. The number of alkyl carbamates (subject to hydrolysis) is 1. The van der Waals surface area contributed by atoms with Gasteiger partial charge in [-0.15, -0.1) is 0 Å². The molecule has 0 aliphatic heterocycles. The van der Waals surface area contributed by atoms with Gasteiger partial charge < -0.3 is 36.6 Å². The van der Waals surface area contributed by atoms with Crippen LogP contribution in [0.15, 0.2) is 0 Å². The fraction of sp³-hybridized carbons (Fsp3) is 0.789. The van der Waals surface area contributed by atoms with E-state index in [1.165, 1.54) is 0 Å². The molecule has 11 heteroatoms. The van der Waals surface area contributed by atoms with Crippen molar-refractivity contribution in [2.75, 3.05) is 69.3 Å². The van der Waals surface area contributed by atoms with Gasteiger partial charge in [-0.05, 0) is 67.2 Å². The molecule has 0 aromatic carbocycles. The molecule has 0 radical (unpaired) electrons. The number of carbonyl (C=O) groups excluding carboxylic acids is 1. The standard InChI is InChI=1S/C19H39N9O2/c1-19(2,3)30-18(29)24-12-7-11-22-16-25-15(21-10-6-9-20)26-17(27-16)23-13-8-14-28(4)5/h6-14,20H2,1-5H3,(H,24,29)(H3,21,22,23,25,26,27). The van der Waals surface area contributed by atoms with Crippen LogP contribution in [0, 0.1) is 0 Å². The summed E-state index contributed by atoms with van der Waals surface area (Å²) in [6.07, 6.45) is 2.09. The first-order chi connectivity index (χ1) is 14.2. The van der Waals surface area contributed by atoms with E-state index < -0.39 is 11.7 Å². The van der Waals surface area contributed by atoms with Crippen LogP contribution in [0.1, 0.15) is 40.0 Å². The van der Waals surface area contributed by atoms with Crippen LogP contribution in [-0.4, -0.2) is 84.9 Å². The zero-order valence-electron chi connectivity index (χ0n) is 19.0. The molecule has 1 amide bonds.